The second kappa shape index (κ2) is 9.10. The molecule has 0 bridgehead atoms. The molecule has 2 aromatic carbocycles. The summed E-state index contributed by atoms with van der Waals surface area (Å²) in [6, 6.07) is 12.3. The standard InChI is InChI=1S/C20H24FN3O2/c1-4-15-7-5-6-8-17(15)22-19(25)12-24(3)13-20(26)23-18-10-9-14(2)11-16(18)21/h5-11H,4,12-13H2,1-3H3,(H,22,25)(H,23,26)/p+1. The lowest BCUT2D eigenvalue weighted by Crippen LogP contribution is -3.11. The Balaban J connectivity index is 1.86. The maximum absolute atomic E-state index is 13.8. The van der Waals surface area contributed by atoms with Crippen molar-refractivity contribution in [1.29, 1.82) is 0 Å². The smallest absolute Gasteiger partial charge is 0.279 e. The molecule has 0 radical (unpaired) electrons. The first-order valence-electron chi connectivity index (χ1n) is 8.64. The number of hydrogen-bond donors (Lipinski definition) is 3. The monoisotopic (exact) mass is 358 g/mol. The van der Waals surface area contributed by atoms with E-state index in [0.717, 1.165) is 23.2 Å². The van der Waals surface area contributed by atoms with Gasteiger partial charge in [0.15, 0.2) is 13.1 Å². The molecule has 5 nitrogen and oxygen atoms in total. The highest BCUT2D eigenvalue weighted by molar-refractivity contribution is 5.93. The van der Waals surface area contributed by atoms with Gasteiger partial charge in [0.25, 0.3) is 11.8 Å². The lowest BCUT2D eigenvalue weighted by Gasteiger charge is -2.15. The molecule has 0 heterocycles. The van der Waals surface area contributed by atoms with Crippen molar-refractivity contribution in [3.63, 3.8) is 0 Å². The first-order valence-corrected chi connectivity index (χ1v) is 8.64. The third-order valence-corrected chi connectivity index (χ3v) is 4.00. The molecule has 0 saturated carbocycles. The summed E-state index contributed by atoms with van der Waals surface area (Å²) < 4.78 is 13.8. The van der Waals surface area contributed by atoms with Crippen LogP contribution < -0.4 is 15.5 Å². The number of para-hydroxylation sites is 1. The quantitative estimate of drug-likeness (QED) is 0.707. The van der Waals surface area contributed by atoms with E-state index < -0.39 is 5.82 Å². The molecule has 0 fully saturated rings. The molecule has 0 aromatic heterocycles. The van der Waals surface area contributed by atoms with E-state index in [1.165, 1.54) is 12.1 Å². The highest BCUT2D eigenvalue weighted by atomic mass is 19.1. The van der Waals surface area contributed by atoms with Crippen molar-refractivity contribution in [2.24, 2.45) is 0 Å². The molecule has 2 amide bonds. The van der Waals surface area contributed by atoms with Gasteiger partial charge in [-0.25, -0.2) is 4.39 Å². The largest absolute Gasteiger partial charge is 0.322 e. The maximum Gasteiger partial charge on any atom is 0.279 e. The molecular formula is C20H25FN3O2+. The number of quaternary nitrogens is 1. The number of amides is 2. The normalized spacial score (nSPS) is 11.7. The fourth-order valence-electron chi connectivity index (χ4n) is 2.67. The molecule has 0 aliphatic rings. The first kappa shape index (κ1) is 19.6. The van der Waals surface area contributed by atoms with Gasteiger partial charge in [-0.15, -0.1) is 0 Å². The van der Waals surface area contributed by atoms with Crippen LogP contribution in [0.25, 0.3) is 0 Å². The third kappa shape index (κ3) is 5.67. The summed E-state index contributed by atoms with van der Waals surface area (Å²) in [6.07, 6.45) is 0.823. The second-order valence-corrected chi connectivity index (χ2v) is 6.40. The maximum atomic E-state index is 13.8. The van der Waals surface area contributed by atoms with E-state index in [-0.39, 0.29) is 30.6 Å². The van der Waals surface area contributed by atoms with E-state index >= 15 is 0 Å². The van der Waals surface area contributed by atoms with Crippen molar-refractivity contribution >= 4 is 23.2 Å². The molecule has 0 saturated heterocycles. The number of nitrogens with one attached hydrogen (secondary N) is 3. The highest BCUT2D eigenvalue weighted by Gasteiger charge is 2.16. The van der Waals surface area contributed by atoms with E-state index in [1.807, 2.05) is 31.2 Å². The SMILES string of the molecule is CCc1ccccc1NC(=O)C[NH+](C)CC(=O)Nc1ccc(C)cc1F. The molecule has 1 atom stereocenters. The van der Waals surface area contributed by atoms with Crippen molar-refractivity contribution in [2.75, 3.05) is 30.8 Å². The molecule has 26 heavy (non-hydrogen) atoms. The van der Waals surface area contributed by atoms with Crippen LogP contribution in [-0.4, -0.2) is 32.0 Å². The highest BCUT2D eigenvalue weighted by Crippen LogP contribution is 2.15. The Morgan fingerprint density at radius 2 is 1.62 bits per heavy atom. The molecule has 2 aromatic rings. The Labute approximate surface area is 153 Å². The average molecular weight is 358 g/mol. The Kier molecular flexibility index (Phi) is 6.86. The fourth-order valence-corrected chi connectivity index (χ4v) is 2.67. The number of aryl methyl sites for hydroxylation is 2. The summed E-state index contributed by atoms with van der Waals surface area (Å²) in [5, 5.41) is 5.42. The van der Waals surface area contributed by atoms with Crippen LogP contribution in [0.3, 0.4) is 0 Å². The molecule has 138 valence electrons. The van der Waals surface area contributed by atoms with Crippen LogP contribution in [0.2, 0.25) is 0 Å². The van der Waals surface area contributed by atoms with Gasteiger partial charge in [-0.2, -0.15) is 0 Å². The molecule has 3 N–H and O–H groups in total. The zero-order valence-corrected chi connectivity index (χ0v) is 15.4. The minimum absolute atomic E-state index is 0.0656. The molecule has 0 spiro atoms. The van der Waals surface area contributed by atoms with Gasteiger partial charge in [0, 0.05) is 5.69 Å². The van der Waals surface area contributed by atoms with Crippen molar-refractivity contribution in [3.05, 3.63) is 59.4 Å². The van der Waals surface area contributed by atoms with Crippen molar-refractivity contribution < 1.29 is 18.9 Å². The van der Waals surface area contributed by atoms with Crippen LogP contribution >= 0.6 is 0 Å². The first-order chi connectivity index (χ1) is 12.4. The van der Waals surface area contributed by atoms with Crippen molar-refractivity contribution in [3.8, 4) is 0 Å². The van der Waals surface area contributed by atoms with Crippen molar-refractivity contribution in [1.82, 2.24) is 0 Å². The van der Waals surface area contributed by atoms with E-state index in [2.05, 4.69) is 10.6 Å². The summed E-state index contributed by atoms with van der Waals surface area (Å²) in [4.78, 5) is 25.0. The zero-order valence-electron chi connectivity index (χ0n) is 15.4. The number of rotatable bonds is 7. The van der Waals surface area contributed by atoms with Gasteiger partial charge in [0.1, 0.15) is 5.82 Å². The number of hydrogen-bond acceptors (Lipinski definition) is 2. The lowest BCUT2D eigenvalue weighted by atomic mass is 10.1. The fraction of sp³-hybridized carbons (Fsp3) is 0.300. The van der Waals surface area contributed by atoms with Crippen molar-refractivity contribution in [2.45, 2.75) is 20.3 Å². The molecule has 2 rings (SSSR count). The van der Waals surface area contributed by atoms with Crippen LogP contribution in [0.5, 0.6) is 0 Å². The van der Waals surface area contributed by atoms with Crippen LogP contribution in [0, 0.1) is 12.7 Å². The minimum atomic E-state index is -0.468. The summed E-state index contributed by atoms with van der Waals surface area (Å²) in [5.74, 6) is -0.977. The van der Waals surface area contributed by atoms with Gasteiger partial charge in [-0.05, 0) is 42.7 Å². The summed E-state index contributed by atoms with van der Waals surface area (Å²) >= 11 is 0. The number of carbonyl (C=O) groups is 2. The number of halogens is 1. The Hall–Kier alpha value is -2.73. The van der Waals surface area contributed by atoms with E-state index in [9.17, 15) is 14.0 Å². The molecule has 6 heteroatoms. The minimum Gasteiger partial charge on any atom is -0.322 e. The molecule has 0 aliphatic carbocycles. The van der Waals surface area contributed by atoms with E-state index in [4.69, 9.17) is 0 Å². The summed E-state index contributed by atoms with van der Waals surface area (Å²) in [7, 11) is 1.75. The van der Waals surface area contributed by atoms with Gasteiger partial charge < -0.3 is 15.5 Å². The van der Waals surface area contributed by atoms with Crippen LogP contribution in [-0.2, 0) is 16.0 Å². The van der Waals surface area contributed by atoms with E-state index in [1.54, 1.807) is 20.0 Å². The predicted octanol–water partition coefficient (Wildman–Crippen LogP) is 1.79. The number of anilines is 2. The van der Waals surface area contributed by atoms with Crippen LogP contribution in [0.15, 0.2) is 42.5 Å². The van der Waals surface area contributed by atoms with Gasteiger partial charge in [0.05, 0.1) is 12.7 Å². The zero-order chi connectivity index (χ0) is 19.1. The summed E-state index contributed by atoms with van der Waals surface area (Å²) in [6.45, 7) is 4.01. The Bertz CT molecular complexity index is 792. The molecule has 0 aliphatic heterocycles. The summed E-state index contributed by atoms with van der Waals surface area (Å²) in [5.41, 5.74) is 2.78. The van der Waals surface area contributed by atoms with Gasteiger partial charge in [-0.1, -0.05) is 31.2 Å². The van der Waals surface area contributed by atoms with Gasteiger partial charge in [0.2, 0.25) is 0 Å². The van der Waals surface area contributed by atoms with E-state index in [0.29, 0.717) is 4.90 Å². The lowest BCUT2D eigenvalue weighted by molar-refractivity contribution is -0.862. The molecule has 1 unspecified atom stereocenters. The van der Waals surface area contributed by atoms with Crippen LogP contribution in [0.4, 0.5) is 15.8 Å². The predicted molar refractivity (Wildman–Crippen MR) is 101 cm³/mol. The molecular weight excluding hydrogens is 333 g/mol. The number of carbonyl (C=O) groups excluding carboxylic acids is 2. The Morgan fingerprint density at radius 1 is 1.00 bits per heavy atom. The van der Waals surface area contributed by atoms with Crippen LogP contribution in [0.1, 0.15) is 18.1 Å². The van der Waals surface area contributed by atoms with Gasteiger partial charge >= 0.3 is 0 Å². The Morgan fingerprint density at radius 3 is 2.23 bits per heavy atom. The van der Waals surface area contributed by atoms with Gasteiger partial charge in [-0.3, -0.25) is 9.59 Å². The average Bonchev–Trinajstić information content (AvgIpc) is 2.57. The number of likely N-dealkylation sites (N-methyl/N-ethyl adjacent to an activating group) is 1. The number of benzene rings is 2. The third-order valence-electron chi connectivity index (χ3n) is 4.00. The second-order valence-electron chi connectivity index (χ2n) is 6.40. The topological polar surface area (TPSA) is 62.6 Å².